The number of nitrogens with two attached hydrogens (primary N) is 1. The van der Waals surface area contributed by atoms with E-state index in [1.54, 1.807) is 0 Å². The van der Waals surface area contributed by atoms with Gasteiger partial charge < -0.3 is 16.4 Å². The Bertz CT molecular complexity index is 558. The zero-order valence-corrected chi connectivity index (χ0v) is 11.7. The number of hydrogen-bond donors (Lipinski definition) is 3. The molecule has 2 amide bonds. The molecule has 1 unspecified atom stereocenters. The number of alkyl halides is 3. The Morgan fingerprint density at radius 1 is 1.33 bits per heavy atom. The van der Waals surface area contributed by atoms with Crippen LogP contribution < -0.4 is 16.4 Å². The predicted octanol–water partition coefficient (Wildman–Crippen LogP) is 2.89. The number of carbonyl (C=O) groups is 1. The van der Waals surface area contributed by atoms with Crippen LogP contribution in [-0.4, -0.2) is 17.1 Å². The predicted molar refractivity (Wildman–Crippen MR) is 76.9 cm³/mol. The highest BCUT2D eigenvalue weighted by Gasteiger charge is 2.36. The SMILES string of the molecule is NC(=S)C(NC(=O)Nc1ccccc1C(F)(F)F)C1CC1. The van der Waals surface area contributed by atoms with Crippen molar-refractivity contribution >= 4 is 28.9 Å². The highest BCUT2D eigenvalue weighted by molar-refractivity contribution is 7.80. The maximum absolute atomic E-state index is 12.8. The number of halogens is 3. The molecule has 8 heteroatoms. The van der Waals surface area contributed by atoms with Crippen LogP contribution in [0.5, 0.6) is 0 Å². The van der Waals surface area contributed by atoms with Crippen molar-refractivity contribution in [2.24, 2.45) is 11.7 Å². The minimum absolute atomic E-state index is 0.136. The zero-order valence-electron chi connectivity index (χ0n) is 10.9. The van der Waals surface area contributed by atoms with Crippen molar-refractivity contribution in [1.29, 1.82) is 0 Å². The van der Waals surface area contributed by atoms with Gasteiger partial charge in [-0.05, 0) is 30.9 Å². The molecule has 1 fully saturated rings. The van der Waals surface area contributed by atoms with Gasteiger partial charge in [-0.25, -0.2) is 4.79 Å². The average Bonchev–Trinajstić information content (AvgIpc) is 3.19. The number of anilines is 1. The first-order valence-corrected chi connectivity index (χ1v) is 6.73. The summed E-state index contributed by atoms with van der Waals surface area (Å²) >= 11 is 4.86. The van der Waals surface area contributed by atoms with Gasteiger partial charge >= 0.3 is 12.2 Å². The molecule has 0 aliphatic heterocycles. The average molecular weight is 317 g/mol. The molecule has 0 radical (unpaired) electrons. The number of benzene rings is 1. The summed E-state index contributed by atoms with van der Waals surface area (Å²) in [6.07, 6.45) is -2.76. The van der Waals surface area contributed by atoms with Crippen molar-refractivity contribution < 1.29 is 18.0 Å². The van der Waals surface area contributed by atoms with E-state index in [1.165, 1.54) is 18.2 Å². The highest BCUT2D eigenvalue weighted by atomic mass is 32.1. The maximum atomic E-state index is 12.8. The van der Waals surface area contributed by atoms with Gasteiger partial charge in [-0.3, -0.25) is 0 Å². The Labute approximate surface area is 124 Å². The summed E-state index contributed by atoms with van der Waals surface area (Å²) in [7, 11) is 0. The molecule has 1 aromatic carbocycles. The summed E-state index contributed by atoms with van der Waals surface area (Å²) in [5, 5.41) is 4.72. The molecule has 2 rings (SSSR count). The molecular formula is C13H14F3N3OS. The molecule has 1 atom stereocenters. The molecule has 0 aromatic heterocycles. The standard InChI is InChI=1S/C13H14F3N3OS/c14-13(15,16)8-3-1-2-4-9(8)18-12(20)19-10(11(17)21)7-5-6-7/h1-4,7,10H,5-6H2,(H2,17,21)(H2,18,19,20). The Hall–Kier alpha value is -1.83. The lowest BCUT2D eigenvalue weighted by molar-refractivity contribution is -0.136. The van der Waals surface area contributed by atoms with Gasteiger partial charge in [0.25, 0.3) is 0 Å². The van der Waals surface area contributed by atoms with Crippen molar-refractivity contribution in [2.75, 3.05) is 5.32 Å². The first-order chi connectivity index (χ1) is 9.79. The van der Waals surface area contributed by atoms with Crippen molar-refractivity contribution in [3.05, 3.63) is 29.8 Å². The van der Waals surface area contributed by atoms with Gasteiger partial charge in [0.15, 0.2) is 0 Å². The molecule has 0 bridgehead atoms. The maximum Gasteiger partial charge on any atom is 0.418 e. The van der Waals surface area contributed by atoms with E-state index >= 15 is 0 Å². The topological polar surface area (TPSA) is 67.1 Å². The van der Waals surface area contributed by atoms with E-state index in [4.69, 9.17) is 18.0 Å². The van der Waals surface area contributed by atoms with E-state index < -0.39 is 23.8 Å². The Morgan fingerprint density at radius 3 is 2.48 bits per heavy atom. The molecule has 1 aliphatic carbocycles. The van der Waals surface area contributed by atoms with Crippen LogP contribution in [0.25, 0.3) is 0 Å². The second kappa shape index (κ2) is 5.88. The number of rotatable bonds is 4. The van der Waals surface area contributed by atoms with Crippen molar-refractivity contribution in [2.45, 2.75) is 25.1 Å². The third-order valence-electron chi connectivity index (χ3n) is 3.17. The van der Waals surface area contributed by atoms with E-state index in [-0.39, 0.29) is 16.6 Å². The van der Waals surface area contributed by atoms with Crippen LogP contribution in [0.2, 0.25) is 0 Å². The Morgan fingerprint density at radius 2 is 1.95 bits per heavy atom. The van der Waals surface area contributed by atoms with Crippen LogP contribution in [0.3, 0.4) is 0 Å². The minimum Gasteiger partial charge on any atom is -0.392 e. The van der Waals surface area contributed by atoms with Gasteiger partial charge in [-0.2, -0.15) is 13.2 Å². The van der Waals surface area contributed by atoms with E-state index in [9.17, 15) is 18.0 Å². The third kappa shape index (κ3) is 4.07. The number of para-hydroxylation sites is 1. The molecule has 21 heavy (non-hydrogen) atoms. The lowest BCUT2D eigenvalue weighted by Gasteiger charge is -2.18. The summed E-state index contributed by atoms with van der Waals surface area (Å²) in [4.78, 5) is 12.0. The summed E-state index contributed by atoms with van der Waals surface area (Å²) in [5.74, 6) is 0.172. The number of urea groups is 1. The fraction of sp³-hybridized carbons (Fsp3) is 0.385. The molecule has 1 aliphatic rings. The monoisotopic (exact) mass is 317 g/mol. The molecule has 0 heterocycles. The van der Waals surface area contributed by atoms with E-state index in [0.29, 0.717) is 0 Å². The van der Waals surface area contributed by atoms with Gasteiger partial charge in [0.2, 0.25) is 0 Å². The summed E-state index contributed by atoms with van der Waals surface area (Å²) in [5.41, 5.74) is 4.32. The van der Waals surface area contributed by atoms with Crippen molar-refractivity contribution in [3.8, 4) is 0 Å². The van der Waals surface area contributed by atoms with E-state index in [1.807, 2.05) is 0 Å². The van der Waals surface area contributed by atoms with Crippen LogP contribution in [0, 0.1) is 5.92 Å². The minimum atomic E-state index is -4.54. The molecule has 114 valence electrons. The van der Waals surface area contributed by atoms with Gasteiger partial charge in [-0.1, -0.05) is 24.4 Å². The van der Waals surface area contributed by atoms with Gasteiger partial charge in [0.1, 0.15) is 0 Å². The van der Waals surface area contributed by atoms with Crippen LogP contribution in [0.1, 0.15) is 18.4 Å². The zero-order chi connectivity index (χ0) is 15.6. The molecule has 1 aromatic rings. The highest BCUT2D eigenvalue weighted by Crippen LogP contribution is 2.35. The third-order valence-corrected chi connectivity index (χ3v) is 3.42. The largest absolute Gasteiger partial charge is 0.418 e. The number of amides is 2. The number of carbonyl (C=O) groups excluding carboxylic acids is 1. The first kappa shape index (κ1) is 15.6. The molecule has 4 N–H and O–H groups in total. The molecule has 0 saturated heterocycles. The lowest BCUT2D eigenvalue weighted by atomic mass is 10.1. The van der Waals surface area contributed by atoms with E-state index in [2.05, 4.69) is 10.6 Å². The summed E-state index contributed by atoms with van der Waals surface area (Å²) < 4.78 is 38.4. The lowest BCUT2D eigenvalue weighted by Crippen LogP contribution is -2.46. The molecule has 1 saturated carbocycles. The molecule has 4 nitrogen and oxygen atoms in total. The second-order valence-electron chi connectivity index (χ2n) is 4.86. The van der Waals surface area contributed by atoms with Crippen LogP contribution in [0.4, 0.5) is 23.7 Å². The van der Waals surface area contributed by atoms with Gasteiger partial charge in [0.05, 0.1) is 22.3 Å². The number of thiocarbonyl (C=S) groups is 1. The quantitative estimate of drug-likeness (QED) is 0.748. The van der Waals surface area contributed by atoms with Crippen molar-refractivity contribution in [1.82, 2.24) is 5.32 Å². The smallest absolute Gasteiger partial charge is 0.392 e. The van der Waals surface area contributed by atoms with Crippen LogP contribution >= 0.6 is 12.2 Å². The van der Waals surface area contributed by atoms with Crippen molar-refractivity contribution in [3.63, 3.8) is 0 Å². The van der Waals surface area contributed by atoms with Crippen LogP contribution in [-0.2, 0) is 6.18 Å². The number of nitrogens with one attached hydrogen (secondary N) is 2. The normalized spacial score (nSPS) is 16.1. The number of hydrogen-bond acceptors (Lipinski definition) is 2. The Balaban J connectivity index is 2.08. The summed E-state index contributed by atoms with van der Waals surface area (Å²) in [6, 6.07) is 3.52. The van der Waals surface area contributed by atoms with Gasteiger partial charge in [-0.15, -0.1) is 0 Å². The Kier molecular flexibility index (Phi) is 4.36. The van der Waals surface area contributed by atoms with E-state index in [0.717, 1.165) is 18.9 Å². The second-order valence-corrected chi connectivity index (χ2v) is 5.33. The van der Waals surface area contributed by atoms with Crippen LogP contribution in [0.15, 0.2) is 24.3 Å². The molecule has 0 spiro atoms. The molecular weight excluding hydrogens is 303 g/mol. The van der Waals surface area contributed by atoms with Gasteiger partial charge in [0, 0.05) is 0 Å². The summed E-state index contributed by atoms with van der Waals surface area (Å²) in [6.45, 7) is 0. The fourth-order valence-corrected chi connectivity index (χ4v) is 2.24. The fourth-order valence-electron chi connectivity index (χ4n) is 1.99. The first-order valence-electron chi connectivity index (χ1n) is 6.32.